The Kier molecular flexibility index (Phi) is 15.6. The van der Waals surface area contributed by atoms with Gasteiger partial charge in [-0.25, -0.2) is 0 Å². The third kappa shape index (κ3) is 31.3. The predicted octanol–water partition coefficient (Wildman–Crippen LogP) is -2.80. The van der Waals surface area contributed by atoms with Gasteiger partial charge in [0.25, 0.3) is 0 Å². The quantitative estimate of drug-likeness (QED) is 0.491. The standard InChI is InChI=1S/2C4H6O4.Ag/c2*5-3(6)1-2-4(7)8;/h2*1-2H2,(H,5,6)(H,7,8);/q;;+2/p-2. The maximum atomic E-state index is 9.64. The number of rotatable bonds is 6. The van der Waals surface area contributed by atoms with Gasteiger partial charge in [0, 0.05) is 11.9 Å². The van der Waals surface area contributed by atoms with E-state index in [9.17, 15) is 29.4 Å². The summed E-state index contributed by atoms with van der Waals surface area (Å²) in [6.07, 6.45) is -1.53. The average molecular weight is 342 g/mol. The Bertz CT molecular complexity index is 219. The van der Waals surface area contributed by atoms with Gasteiger partial charge in [-0.15, -0.1) is 0 Å². The molecule has 0 bridgehead atoms. The smallest absolute Gasteiger partial charge is 0.550 e. The molecule has 0 rings (SSSR count). The molecule has 0 heterocycles. The summed E-state index contributed by atoms with van der Waals surface area (Å²) in [6.45, 7) is 0. The van der Waals surface area contributed by atoms with Crippen LogP contribution in [0.5, 0.6) is 0 Å². The number of hydrogen-bond acceptors (Lipinski definition) is 6. The summed E-state index contributed by atoms with van der Waals surface area (Å²) in [7, 11) is 0. The van der Waals surface area contributed by atoms with E-state index in [1.54, 1.807) is 0 Å². The molecule has 0 atom stereocenters. The molecule has 9 heteroatoms. The van der Waals surface area contributed by atoms with Crippen molar-refractivity contribution in [2.45, 2.75) is 25.7 Å². The van der Waals surface area contributed by atoms with Gasteiger partial charge in [0.15, 0.2) is 0 Å². The number of carboxylic acid groups (broad SMARTS) is 4. The fourth-order valence-corrected chi connectivity index (χ4v) is 0.418. The second kappa shape index (κ2) is 12.7. The first kappa shape index (κ1) is 21.0. The number of carbonyl (C=O) groups excluding carboxylic acids is 2. The van der Waals surface area contributed by atoms with Crippen LogP contribution in [0.4, 0.5) is 0 Å². The van der Waals surface area contributed by atoms with Crippen molar-refractivity contribution in [2.24, 2.45) is 0 Å². The van der Waals surface area contributed by atoms with E-state index in [4.69, 9.17) is 10.2 Å². The molecule has 101 valence electrons. The van der Waals surface area contributed by atoms with Crippen LogP contribution in [0.3, 0.4) is 0 Å². The number of aliphatic carboxylic acids is 4. The number of hydrogen-bond donors (Lipinski definition) is 2. The minimum atomic E-state index is -1.37. The van der Waals surface area contributed by atoms with E-state index in [-0.39, 0.29) is 35.2 Å². The summed E-state index contributed by atoms with van der Waals surface area (Å²) in [5.41, 5.74) is 0. The minimum absolute atomic E-state index is 0. The molecule has 0 aliphatic carbocycles. The summed E-state index contributed by atoms with van der Waals surface area (Å²) in [4.78, 5) is 38.3. The van der Waals surface area contributed by atoms with Crippen LogP contribution in [-0.2, 0) is 41.6 Å². The Hall–Kier alpha value is -1.38. The molecule has 0 aliphatic heterocycles. The van der Waals surface area contributed by atoms with Gasteiger partial charge in [-0.05, 0) is 12.8 Å². The van der Waals surface area contributed by atoms with Crippen LogP contribution in [0.1, 0.15) is 25.7 Å². The Morgan fingerprint density at radius 1 is 0.706 bits per heavy atom. The molecule has 0 aromatic rings. The Balaban J connectivity index is -0.000000218. The normalized spacial score (nSPS) is 8.00. The monoisotopic (exact) mass is 341 g/mol. The van der Waals surface area contributed by atoms with Crippen LogP contribution in [-0.4, -0.2) is 34.1 Å². The third-order valence-corrected chi connectivity index (χ3v) is 1.09. The SMILES string of the molecule is O=C(O)CCC(=O)O.O=C([O-])CCC(=O)[O-].[Ag+2]. The van der Waals surface area contributed by atoms with Crippen LogP contribution < -0.4 is 10.2 Å². The molecule has 8 nitrogen and oxygen atoms in total. The van der Waals surface area contributed by atoms with Gasteiger partial charge in [0.2, 0.25) is 0 Å². The molecule has 0 saturated heterocycles. The molecule has 0 aromatic carbocycles. The minimum Gasteiger partial charge on any atom is -0.550 e. The zero-order chi connectivity index (χ0) is 13.1. The molecule has 0 unspecified atom stereocenters. The zero-order valence-corrected chi connectivity index (χ0v) is 9.96. The summed E-state index contributed by atoms with van der Waals surface area (Å²) < 4.78 is 0. The van der Waals surface area contributed by atoms with Crippen LogP contribution in [0.15, 0.2) is 0 Å². The molecular formula is C8H10AgO8. The van der Waals surface area contributed by atoms with Gasteiger partial charge < -0.3 is 30.0 Å². The second-order valence-corrected chi connectivity index (χ2v) is 2.53. The van der Waals surface area contributed by atoms with Gasteiger partial charge >= 0.3 is 34.3 Å². The molecule has 1 radical (unpaired) electrons. The first-order valence-corrected chi connectivity index (χ1v) is 4.09. The van der Waals surface area contributed by atoms with Crippen molar-refractivity contribution in [3.05, 3.63) is 0 Å². The van der Waals surface area contributed by atoms with Gasteiger partial charge in [-0.1, -0.05) is 0 Å². The first-order valence-electron chi connectivity index (χ1n) is 4.09. The fraction of sp³-hybridized carbons (Fsp3) is 0.500. The molecule has 2 N–H and O–H groups in total. The van der Waals surface area contributed by atoms with E-state index < -0.39 is 36.7 Å². The maximum Gasteiger partial charge on any atom is 2.00 e. The van der Waals surface area contributed by atoms with E-state index in [2.05, 4.69) is 0 Å². The van der Waals surface area contributed by atoms with Crippen LogP contribution in [0, 0.1) is 0 Å². The summed E-state index contributed by atoms with van der Waals surface area (Å²) in [6, 6.07) is 0. The van der Waals surface area contributed by atoms with Crippen molar-refractivity contribution in [1.29, 1.82) is 0 Å². The van der Waals surface area contributed by atoms with E-state index in [1.165, 1.54) is 0 Å². The molecular weight excluding hydrogens is 332 g/mol. The van der Waals surface area contributed by atoms with E-state index in [1.807, 2.05) is 0 Å². The molecule has 0 fully saturated rings. The van der Waals surface area contributed by atoms with E-state index in [0.29, 0.717) is 0 Å². The summed E-state index contributed by atoms with van der Waals surface area (Å²) in [5, 5.41) is 34.8. The predicted molar refractivity (Wildman–Crippen MR) is 43.8 cm³/mol. The molecule has 0 aromatic heterocycles. The Morgan fingerprint density at radius 2 is 0.941 bits per heavy atom. The topological polar surface area (TPSA) is 155 Å². The van der Waals surface area contributed by atoms with E-state index in [0.717, 1.165) is 0 Å². The molecule has 0 aliphatic rings. The van der Waals surface area contributed by atoms with Crippen molar-refractivity contribution in [1.82, 2.24) is 0 Å². The van der Waals surface area contributed by atoms with Crippen LogP contribution >= 0.6 is 0 Å². The number of carbonyl (C=O) groups is 4. The summed E-state index contributed by atoms with van der Waals surface area (Å²) >= 11 is 0. The largest absolute Gasteiger partial charge is 2.00 e. The average Bonchev–Trinajstić information content (AvgIpc) is 2.12. The molecule has 17 heavy (non-hydrogen) atoms. The zero-order valence-electron chi connectivity index (χ0n) is 8.47. The third-order valence-electron chi connectivity index (χ3n) is 1.09. The maximum absolute atomic E-state index is 9.64. The summed E-state index contributed by atoms with van der Waals surface area (Å²) in [5.74, 6) is -4.89. The van der Waals surface area contributed by atoms with Crippen molar-refractivity contribution < 1.29 is 62.0 Å². The molecule has 0 saturated carbocycles. The van der Waals surface area contributed by atoms with Crippen LogP contribution in [0.2, 0.25) is 0 Å². The van der Waals surface area contributed by atoms with Gasteiger partial charge in [-0.2, -0.15) is 0 Å². The Morgan fingerprint density at radius 3 is 1.06 bits per heavy atom. The van der Waals surface area contributed by atoms with Crippen molar-refractivity contribution in [3.63, 3.8) is 0 Å². The van der Waals surface area contributed by atoms with Gasteiger partial charge in [0.05, 0.1) is 12.8 Å². The number of carboxylic acids is 4. The van der Waals surface area contributed by atoms with Crippen molar-refractivity contribution in [3.8, 4) is 0 Å². The fourth-order valence-electron chi connectivity index (χ4n) is 0.418. The van der Waals surface area contributed by atoms with Crippen molar-refractivity contribution >= 4 is 23.9 Å². The second-order valence-electron chi connectivity index (χ2n) is 2.53. The van der Waals surface area contributed by atoms with E-state index >= 15 is 0 Å². The molecule has 0 amide bonds. The van der Waals surface area contributed by atoms with Gasteiger partial charge in [0.1, 0.15) is 0 Å². The Labute approximate surface area is 112 Å². The van der Waals surface area contributed by atoms with Crippen molar-refractivity contribution in [2.75, 3.05) is 0 Å². The van der Waals surface area contributed by atoms with Gasteiger partial charge in [-0.3, -0.25) is 9.59 Å². The van der Waals surface area contributed by atoms with Crippen LogP contribution in [0.25, 0.3) is 0 Å². The molecule has 0 spiro atoms. The first-order chi connectivity index (χ1) is 7.25.